The Labute approximate surface area is 91.6 Å². The average Bonchev–Trinajstić information content (AvgIpc) is 2.61. The fourth-order valence-electron chi connectivity index (χ4n) is 1.98. The van der Waals surface area contributed by atoms with Crippen LogP contribution in [0.2, 0.25) is 0 Å². The minimum Gasteiger partial charge on any atom is -0.368 e. The molecule has 1 saturated heterocycles. The Bertz CT molecular complexity index is 219. The Balaban J connectivity index is 2.37. The van der Waals surface area contributed by atoms with Crippen molar-refractivity contribution < 1.29 is 4.79 Å². The lowest BCUT2D eigenvalue weighted by Gasteiger charge is -2.23. The Kier molecular flexibility index (Phi) is 4.50. The zero-order valence-electron chi connectivity index (χ0n) is 9.86. The maximum atomic E-state index is 11.1. The fourth-order valence-corrected chi connectivity index (χ4v) is 1.98. The molecule has 15 heavy (non-hydrogen) atoms. The lowest BCUT2D eigenvalue weighted by atomic mass is 10.2. The first-order valence-corrected chi connectivity index (χ1v) is 5.40. The van der Waals surface area contributed by atoms with Crippen molar-refractivity contribution >= 4 is 5.91 Å². The van der Waals surface area contributed by atoms with E-state index in [4.69, 9.17) is 5.73 Å². The van der Waals surface area contributed by atoms with E-state index in [0.717, 1.165) is 19.6 Å². The quantitative estimate of drug-likeness (QED) is 0.597. The topological polar surface area (TPSA) is 61.6 Å². The van der Waals surface area contributed by atoms with Gasteiger partial charge >= 0.3 is 0 Å². The summed E-state index contributed by atoms with van der Waals surface area (Å²) >= 11 is 0. The van der Waals surface area contributed by atoms with Crippen LogP contribution in [0.15, 0.2) is 0 Å². The van der Waals surface area contributed by atoms with Gasteiger partial charge < -0.3 is 16.0 Å². The number of hydrogen-bond donors (Lipinski definition) is 2. The molecule has 1 aliphatic rings. The first-order valence-electron chi connectivity index (χ1n) is 5.40. The first-order chi connectivity index (χ1) is 7.04. The van der Waals surface area contributed by atoms with Gasteiger partial charge in [-0.15, -0.1) is 0 Å². The molecule has 0 saturated carbocycles. The van der Waals surface area contributed by atoms with Gasteiger partial charge in [0, 0.05) is 19.1 Å². The average molecular weight is 214 g/mol. The number of rotatable bonds is 5. The van der Waals surface area contributed by atoms with Gasteiger partial charge in [0.25, 0.3) is 0 Å². The van der Waals surface area contributed by atoms with Crippen LogP contribution < -0.4 is 11.1 Å². The van der Waals surface area contributed by atoms with E-state index in [0.29, 0.717) is 6.04 Å². The second kappa shape index (κ2) is 5.44. The third-order valence-electron chi connectivity index (χ3n) is 3.11. The summed E-state index contributed by atoms with van der Waals surface area (Å²) in [6.07, 6.45) is 1.17. The molecule has 88 valence electrons. The summed E-state index contributed by atoms with van der Waals surface area (Å²) in [6.45, 7) is 2.79. The Morgan fingerprint density at radius 3 is 2.73 bits per heavy atom. The van der Waals surface area contributed by atoms with Crippen LogP contribution in [0.25, 0.3) is 0 Å². The molecule has 0 radical (unpaired) electrons. The molecule has 2 atom stereocenters. The van der Waals surface area contributed by atoms with E-state index in [1.165, 1.54) is 6.42 Å². The van der Waals surface area contributed by atoms with E-state index < -0.39 is 0 Å². The van der Waals surface area contributed by atoms with Crippen LogP contribution in [0.4, 0.5) is 0 Å². The third-order valence-corrected chi connectivity index (χ3v) is 3.11. The third kappa shape index (κ3) is 3.44. The van der Waals surface area contributed by atoms with Crippen molar-refractivity contribution in [3.05, 3.63) is 0 Å². The lowest BCUT2D eigenvalue weighted by molar-refractivity contribution is -0.120. The molecular weight excluding hydrogens is 192 g/mol. The highest BCUT2D eigenvalue weighted by Crippen LogP contribution is 2.13. The minimum absolute atomic E-state index is 0.231. The summed E-state index contributed by atoms with van der Waals surface area (Å²) in [6, 6.07) is 0.376. The van der Waals surface area contributed by atoms with E-state index >= 15 is 0 Å². The monoisotopic (exact) mass is 214 g/mol. The zero-order valence-corrected chi connectivity index (χ0v) is 9.86. The van der Waals surface area contributed by atoms with Crippen LogP contribution in [-0.4, -0.2) is 68.6 Å². The van der Waals surface area contributed by atoms with E-state index in [1.807, 2.05) is 0 Å². The molecule has 2 unspecified atom stereocenters. The molecule has 1 aliphatic heterocycles. The van der Waals surface area contributed by atoms with Crippen LogP contribution in [0.3, 0.4) is 0 Å². The summed E-state index contributed by atoms with van der Waals surface area (Å²) in [5.74, 6) is -0.272. The van der Waals surface area contributed by atoms with Crippen molar-refractivity contribution in [2.45, 2.75) is 18.5 Å². The van der Waals surface area contributed by atoms with Crippen molar-refractivity contribution in [3.8, 4) is 0 Å². The number of likely N-dealkylation sites (tertiary alicyclic amines) is 1. The normalized spacial score (nSPS) is 24.7. The van der Waals surface area contributed by atoms with Crippen LogP contribution in [0.5, 0.6) is 0 Å². The molecule has 1 fully saturated rings. The van der Waals surface area contributed by atoms with Gasteiger partial charge in [-0.3, -0.25) is 9.69 Å². The van der Waals surface area contributed by atoms with Crippen molar-refractivity contribution in [2.75, 3.05) is 40.8 Å². The number of carbonyl (C=O) groups is 1. The summed E-state index contributed by atoms with van der Waals surface area (Å²) in [7, 11) is 5.96. The number of primary amides is 1. The van der Waals surface area contributed by atoms with Crippen LogP contribution >= 0.6 is 0 Å². The smallest absolute Gasteiger partial charge is 0.235 e. The predicted molar refractivity (Wildman–Crippen MR) is 60.6 cm³/mol. The van der Waals surface area contributed by atoms with Gasteiger partial charge in [-0.05, 0) is 34.1 Å². The first kappa shape index (κ1) is 12.4. The van der Waals surface area contributed by atoms with Gasteiger partial charge in [-0.1, -0.05) is 0 Å². The Morgan fingerprint density at radius 2 is 2.33 bits per heavy atom. The number of nitrogens with two attached hydrogens (primary N) is 1. The summed E-state index contributed by atoms with van der Waals surface area (Å²) < 4.78 is 0. The Hall–Kier alpha value is -0.650. The van der Waals surface area contributed by atoms with Crippen molar-refractivity contribution in [1.29, 1.82) is 0 Å². The van der Waals surface area contributed by atoms with Gasteiger partial charge in [-0.2, -0.15) is 0 Å². The summed E-state index contributed by atoms with van der Waals surface area (Å²) in [5.41, 5.74) is 5.28. The minimum atomic E-state index is -0.272. The fraction of sp³-hybridized carbons (Fsp3) is 0.900. The van der Waals surface area contributed by atoms with Crippen LogP contribution in [0.1, 0.15) is 6.42 Å². The molecule has 5 nitrogen and oxygen atoms in total. The molecule has 0 bridgehead atoms. The molecule has 1 rings (SSSR count). The second-order valence-electron chi connectivity index (χ2n) is 4.41. The van der Waals surface area contributed by atoms with Crippen LogP contribution in [-0.2, 0) is 4.79 Å². The standard InChI is InChI=1S/C10H22N4O/c1-12-9(10(11)15)7-14-5-4-8(6-14)13(2)3/h8-9,12H,4-7H2,1-3H3,(H2,11,15). The molecule has 5 heteroatoms. The van der Waals surface area contributed by atoms with E-state index in [9.17, 15) is 4.79 Å². The molecule has 0 spiro atoms. The zero-order chi connectivity index (χ0) is 11.4. The van der Waals surface area contributed by atoms with Gasteiger partial charge in [0.05, 0.1) is 6.04 Å². The SMILES string of the molecule is CNC(CN1CCC(N(C)C)C1)C(N)=O. The number of nitrogens with one attached hydrogen (secondary N) is 1. The molecule has 0 aliphatic carbocycles. The van der Waals surface area contributed by atoms with Crippen molar-refractivity contribution in [1.82, 2.24) is 15.1 Å². The molecule has 1 heterocycles. The summed E-state index contributed by atoms with van der Waals surface area (Å²) in [4.78, 5) is 15.6. The van der Waals surface area contributed by atoms with Crippen LogP contribution in [0, 0.1) is 0 Å². The highest BCUT2D eigenvalue weighted by molar-refractivity contribution is 5.80. The number of nitrogens with zero attached hydrogens (tertiary/aromatic N) is 2. The molecule has 0 aromatic heterocycles. The number of likely N-dealkylation sites (N-methyl/N-ethyl adjacent to an activating group) is 2. The van der Waals surface area contributed by atoms with E-state index in [2.05, 4.69) is 29.2 Å². The Morgan fingerprint density at radius 1 is 1.67 bits per heavy atom. The van der Waals surface area contributed by atoms with Gasteiger partial charge in [-0.25, -0.2) is 0 Å². The van der Waals surface area contributed by atoms with Gasteiger partial charge in [0.15, 0.2) is 0 Å². The molecule has 1 amide bonds. The van der Waals surface area contributed by atoms with Gasteiger partial charge in [0.2, 0.25) is 5.91 Å². The van der Waals surface area contributed by atoms with Crippen molar-refractivity contribution in [2.24, 2.45) is 5.73 Å². The number of amides is 1. The lowest BCUT2D eigenvalue weighted by Crippen LogP contribution is -2.47. The van der Waals surface area contributed by atoms with Crippen molar-refractivity contribution in [3.63, 3.8) is 0 Å². The molecular formula is C10H22N4O. The van der Waals surface area contributed by atoms with E-state index in [-0.39, 0.29) is 11.9 Å². The maximum absolute atomic E-state index is 11.1. The molecule has 3 N–H and O–H groups in total. The highest BCUT2D eigenvalue weighted by Gasteiger charge is 2.26. The number of carbonyl (C=O) groups excluding carboxylic acids is 1. The summed E-state index contributed by atoms with van der Waals surface area (Å²) in [5, 5.41) is 2.94. The molecule has 0 aromatic carbocycles. The predicted octanol–water partition coefficient (Wildman–Crippen LogP) is -1.30. The maximum Gasteiger partial charge on any atom is 0.235 e. The largest absolute Gasteiger partial charge is 0.368 e. The second-order valence-corrected chi connectivity index (χ2v) is 4.41. The molecule has 0 aromatic rings. The van der Waals surface area contributed by atoms with Gasteiger partial charge in [0.1, 0.15) is 0 Å². The highest BCUT2D eigenvalue weighted by atomic mass is 16.1. The van der Waals surface area contributed by atoms with E-state index in [1.54, 1.807) is 7.05 Å². The number of hydrogen-bond acceptors (Lipinski definition) is 4.